The van der Waals surface area contributed by atoms with Crippen LogP contribution in [0.3, 0.4) is 0 Å². The van der Waals surface area contributed by atoms with Crippen LogP contribution in [0.15, 0.2) is 42.2 Å². The molecule has 0 fully saturated rings. The summed E-state index contributed by atoms with van der Waals surface area (Å²) in [6.45, 7) is 0. The minimum atomic E-state index is 0.807. The van der Waals surface area contributed by atoms with Crippen LogP contribution in [-0.4, -0.2) is 7.11 Å². The smallest absolute Gasteiger partial charge is 0.115 e. The third-order valence-electron chi connectivity index (χ3n) is 2.53. The van der Waals surface area contributed by atoms with Crippen LogP contribution in [0, 0.1) is 0 Å². The summed E-state index contributed by atoms with van der Waals surface area (Å²) in [5.41, 5.74) is 2.36. The van der Waals surface area contributed by atoms with E-state index in [-0.39, 0.29) is 0 Å². The minimum absolute atomic E-state index is 0.807. The van der Waals surface area contributed by atoms with Gasteiger partial charge >= 0.3 is 0 Å². The van der Waals surface area contributed by atoms with Crippen molar-refractivity contribution < 1.29 is 4.74 Å². The molecule has 2 heteroatoms. The van der Waals surface area contributed by atoms with E-state index >= 15 is 0 Å². The van der Waals surface area contributed by atoms with Crippen LogP contribution in [0.2, 0.25) is 5.02 Å². The maximum absolute atomic E-state index is 6.15. The molecule has 2 rings (SSSR count). The monoisotopic (exact) mass is 220 g/mol. The summed E-state index contributed by atoms with van der Waals surface area (Å²) < 4.78 is 5.22. The fraction of sp³-hybridized carbons (Fsp3) is 0.231. The molecule has 1 aromatic rings. The fourth-order valence-electron chi connectivity index (χ4n) is 1.75. The van der Waals surface area contributed by atoms with E-state index in [9.17, 15) is 0 Å². The predicted molar refractivity (Wildman–Crippen MR) is 63.8 cm³/mol. The lowest BCUT2D eigenvalue weighted by Crippen LogP contribution is -1.94. The number of hydrogen-bond acceptors (Lipinski definition) is 1. The summed E-state index contributed by atoms with van der Waals surface area (Å²) in [6.07, 6.45) is 6.20. The van der Waals surface area contributed by atoms with Crippen LogP contribution in [0.5, 0.6) is 0 Å². The molecule has 15 heavy (non-hydrogen) atoms. The van der Waals surface area contributed by atoms with Gasteiger partial charge in [0, 0.05) is 5.02 Å². The second kappa shape index (κ2) is 4.54. The lowest BCUT2D eigenvalue weighted by atomic mass is 9.97. The maximum atomic E-state index is 6.15. The normalized spacial score (nSPS) is 15.6. The molecule has 0 spiro atoms. The summed E-state index contributed by atoms with van der Waals surface area (Å²) in [6, 6.07) is 7.92. The first-order valence-corrected chi connectivity index (χ1v) is 5.38. The summed E-state index contributed by atoms with van der Waals surface area (Å²) in [7, 11) is 1.69. The number of hydrogen-bond donors (Lipinski definition) is 0. The molecular weight excluding hydrogens is 208 g/mol. The second-order valence-corrected chi connectivity index (χ2v) is 3.91. The van der Waals surface area contributed by atoms with Gasteiger partial charge < -0.3 is 4.74 Å². The van der Waals surface area contributed by atoms with Gasteiger partial charge in [-0.25, -0.2) is 0 Å². The van der Waals surface area contributed by atoms with Gasteiger partial charge in [-0.15, -0.1) is 0 Å². The zero-order valence-electron chi connectivity index (χ0n) is 8.66. The first kappa shape index (κ1) is 10.3. The quantitative estimate of drug-likeness (QED) is 0.731. The number of ether oxygens (including phenoxy) is 1. The molecule has 0 saturated heterocycles. The zero-order chi connectivity index (χ0) is 10.7. The molecule has 0 saturated carbocycles. The molecule has 1 aromatic carbocycles. The highest BCUT2D eigenvalue weighted by Crippen LogP contribution is 2.30. The second-order valence-electron chi connectivity index (χ2n) is 3.50. The number of halogens is 1. The highest BCUT2D eigenvalue weighted by Gasteiger charge is 2.10. The standard InChI is InChI=1S/C13H13ClO/c1-15-11-6-4-5-10(9-11)12-7-2-3-8-13(12)14/h2-3,6-9H,4-5H2,1H3. The topological polar surface area (TPSA) is 9.23 Å². The van der Waals surface area contributed by atoms with E-state index < -0.39 is 0 Å². The van der Waals surface area contributed by atoms with Crippen molar-refractivity contribution in [3.05, 3.63) is 52.8 Å². The van der Waals surface area contributed by atoms with Gasteiger partial charge in [-0.05, 0) is 42.2 Å². The van der Waals surface area contributed by atoms with E-state index in [1.54, 1.807) is 7.11 Å². The molecule has 0 bridgehead atoms. The zero-order valence-corrected chi connectivity index (χ0v) is 9.42. The van der Waals surface area contributed by atoms with Gasteiger partial charge in [0.1, 0.15) is 5.76 Å². The first-order chi connectivity index (χ1) is 7.31. The van der Waals surface area contributed by atoms with Gasteiger partial charge in [-0.1, -0.05) is 29.8 Å². The number of benzene rings is 1. The van der Waals surface area contributed by atoms with Crippen molar-refractivity contribution >= 4 is 17.2 Å². The van der Waals surface area contributed by atoms with E-state index in [2.05, 4.69) is 12.2 Å². The Kier molecular flexibility index (Phi) is 3.12. The molecule has 0 amide bonds. The molecule has 1 aliphatic rings. The number of methoxy groups -OCH3 is 1. The van der Waals surface area contributed by atoms with Gasteiger partial charge in [0.2, 0.25) is 0 Å². The Morgan fingerprint density at radius 1 is 1.27 bits per heavy atom. The Balaban J connectivity index is 2.36. The molecule has 0 aliphatic heterocycles. The van der Waals surface area contributed by atoms with Gasteiger partial charge in [-0.2, -0.15) is 0 Å². The van der Waals surface area contributed by atoms with Crippen LogP contribution in [-0.2, 0) is 4.74 Å². The lowest BCUT2D eigenvalue weighted by molar-refractivity contribution is 0.304. The van der Waals surface area contributed by atoms with Crippen LogP contribution in [0.25, 0.3) is 5.57 Å². The Bertz CT molecular complexity index is 418. The van der Waals surface area contributed by atoms with Crippen LogP contribution in [0.1, 0.15) is 18.4 Å². The van der Waals surface area contributed by atoms with Crippen molar-refractivity contribution in [3.8, 4) is 0 Å². The summed E-state index contributed by atoms with van der Waals surface area (Å²) >= 11 is 6.15. The van der Waals surface area contributed by atoms with Crippen molar-refractivity contribution in [1.82, 2.24) is 0 Å². The summed E-state index contributed by atoms with van der Waals surface area (Å²) in [5, 5.41) is 0.807. The maximum Gasteiger partial charge on any atom is 0.115 e. The van der Waals surface area contributed by atoms with Crippen LogP contribution in [0.4, 0.5) is 0 Å². The molecule has 0 radical (unpaired) electrons. The Hall–Kier alpha value is -1.21. The highest BCUT2D eigenvalue weighted by molar-refractivity contribution is 6.32. The average Bonchev–Trinajstić information content (AvgIpc) is 2.30. The Labute approximate surface area is 95.0 Å². The third-order valence-corrected chi connectivity index (χ3v) is 2.86. The molecular formula is C13H13ClO. The Morgan fingerprint density at radius 3 is 2.80 bits per heavy atom. The Morgan fingerprint density at radius 2 is 2.07 bits per heavy atom. The van der Waals surface area contributed by atoms with E-state index in [4.69, 9.17) is 16.3 Å². The summed E-state index contributed by atoms with van der Waals surface area (Å²) in [4.78, 5) is 0. The summed E-state index contributed by atoms with van der Waals surface area (Å²) in [5.74, 6) is 0.927. The molecule has 78 valence electrons. The van der Waals surface area contributed by atoms with E-state index in [0.29, 0.717) is 0 Å². The first-order valence-electron chi connectivity index (χ1n) is 5.01. The van der Waals surface area contributed by atoms with Gasteiger partial charge in [0.15, 0.2) is 0 Å². The molecule has 0 atom stereocenters. The predicted octanol–water partition coefficient (Wildman–Crippen LogP) is 4.05. The number of allylic oxidation sites excluding steroid dienone is 3. The average molecular weight is 221 g/mol. The van der Waals surface area contributed by atoms with Crippen molar-refractivity contribution in [2.75, 3.05) is 7.11 Å². The minimum Gasteiger partial charge on any atom is -0.497 e. The van der Waals surface area contributed by atoms with E-state index in [0.717, 1.165) is 29.2 Å². The van der Waals surface area contributed by atoms with Crippen molar-refractivity contribution in [2.24, 2.45) is 0 Å². The van der Waals surface area contributed by atoms with Crippen molar-refractivity contribution in [3.63, 3.8) is 0 Å². The number of rotatable bonds is 2. The van der Waals surface area contributed by atoms with Gasteiger partial charge in [0.25, 0.3) is 0 Å². The van der Waals surface area contributed by atoms with Crippen LogP contribution >= 0.6 is 11.6 Å². The van der Waals surface area contributed by atoms with E-state index in [1.807, 2.05) is 24.3 Å². The highest BCUT2D eigenvalue weighted by atomic mass is 35.5. The van der Waals surface area contributed by atoms with Crippen LogP contribution < -0.4 is 0 Å². The van der Waals surface area contributed by atoms with Gasteiger partial charge in [-0.3, -0.25) is 0 Å². The molecule has 0 aromatic heterocycles. The molecule has 1 aliphatic carbocycles. The molecule has 0 heterocycles. The molecule has 0 N–H and O–H groups in total. The lowest BCUT2D eigenvalue weighted by Gasteiger charge is -2.14. The fourth-order valence-corrected chi connectivity index (χ4v) is 2.01. The van der Waals surface area contributed by atoms with E-state index in [1.165, 1.54) is 5.57 Å². The van der Waals surface area contributed by atoms with Gasteiger partial charge in [0.05, 0.1) is 7.11 Å². The molecule has 1 nitrogen and oxygen atoms in total. The van der Waals surface area contributed by atoms with Crippen molar-refractivity contribution in [2.45, 2.75) is 12.8 Å². The molecule has 0 unspecified atom stereocenters. The van der Waals surface area contributed by atoms with Crippen molar-refractivity contribution in [1.29, 1.82) is 0 Å². The third kappa shape index (κ3) is 2.24. The largest absolute Gasteiger partial charge is 0.497 e. The SMILES string of the molecule is COC1=CCCC(c2ccccc2Cl)=C1.